The molecule has 0 aliphatic heterocycles. The summed E-state index contributed by atoms with van der Waals surface area (Å²) in [4.78, 5) is 0. The second-order valence-electron chi connectivity index (χ2n) is 5.13. The van der Waals surface area contributed by atoms with Crippen molar-refractivity contribution in [2.24, 2.45) is 0 Å². The van der Waals surface area contributed by atoms with Crippen LogP contribution in [0.15, 0.2) is 54.6 Å². The monoisotopic (exact) mass is 264 g/mol. The molecule has 0 nitrogen and oxygen atoms in total. The molecule has 0 heterocycles. The molecule has 0 spiro atoms. The number of alkyl halides is 1. The van der Waals surface area contributed by atoms with Gasteiger partial charge in [-0.2, -0.15) is 0 Å². The molecule has 1 unspecified atom stereocenters. The average molecular weight is 265 g/mol. The summed E-state index contributed by atoms with van der Waals surface area (Å²) in [6.45, 7) is 0. The molecule has 0 amide bonds. The van der Waals surface area contributed by atoms with Crippen molar-refractivity contribution in [3.63, 3.8) is 0 Å². The summed E-state index contributed by atoms with van der Waals surface area (Å²) in [5.74, 6) is 0. The summed E-state index contributed by atoms with van der Waals surface area (Å²) >= 11 is 6.41. The van der Waals surface area contributed by atoms with Crippen LogP contribution in [-0.2, 0) is 0 Å². The number of benzene rings is 3. The van der Waals surface area contributed by atoms with E-state index in [0.29, 0.717) is 0 Å². The van der Waals surface area contributed by atoms with Crippen LogP contribution in [0.5, 0.6) is 0 Å². The van der Waals surface area contributed by atoms with E-state index in [2.05, 4.69) is 60.7 Å². The Bertz CT molecular complexity index is 814. The van der Waals surface area contributed by atoms with Gasteiger partial charge < -0.3 is 0 Å². The number of allylic oxidation sites excluding steroid dienone is 1. The molecule has 3 aromatic carbocycles. The Labute approximate surface area is 117 Å². The summed E-state index contributed by atoms with van der Waals surface area (Å²) in [5, 5.41) is 5.24. The Hall–Kier alpha value is -1.79. The fourth-order valence-electron chi connectivity index (χ4n) is 2.88. The summed E-state index contributed by atoms with van der Waals surface area (Å²) in [6.07, 6.45) is 5.27. The fourth-order valence-corrected chi connectivity index (χ4v) is 3.18. The van der Waals surface area contributed by atoms with Gasteiger partial charge in [0, 0.05) is 0 Å². The molecule has 0 aromatic heterocycles. The maximum atomic E-state index is 6.41. The van der Waals surface area contributed by atoms with E-state index in [1.54, 1.807) is 0 Å². The van der Waals surface area contributed by atoms with E-state index in [1.807, 2.05) is 0 Å². The number of rotatable bonds is 0. The lowest BCUT2D eigenvalue weighted by Gasteiger charge is -2.17. The number of fused-ring (bicyclic) bond motifs is 3. The molecule has 92 valence electrons. The smallest absolute Gasteiger partial charge is 0.0625 e. The molecule has 0 radical (unpaired) electrons. The molecule has 1 atom stereocenters. The van der Waals surface area contributed by atoms with Crippen LogP contribution in [0.4, 0.5) is 0 Å². The molecule has 1 aliphatic carbocycles. The van der Waals surface area contributed by atoms with Crippen molar-refractivity contribution in [2.75, 3.05) is 0 Å². The lowest BCUT2D eigenvalue weighted by molar-refractivity contribution is 0.945. The van der Waals surface area contributed by atoms with E-state index >= 15 is 0 Å². The number of hydrogen-bond donors (Lipinski definition) is 0. The molecule has 0 saturated carbocycles. The van der Waals surface area contributed by atoms with Gasteiger partial charge in [-0.25, -0.2) is 0 Å². The third-order valence-electron chi connectivity index (χ3n) is 3.88. The Balaban J connectivity index is 2.08. The highest BCUT2D eigenvalue weighted by atomic mass is 35.5. The summed E-state index contributed by atoms with van der Waals surface area (Å²) < 4.78 is 0. The molecule has 4 rings (SSSR count). The van der Waals surface area contributed by atoms with Gasteiger partial charge in [0.15, 0.2) is 0 Å². The Morgan fingerprint density at radius 3 is 2.26 bits per heavy atom. The van der Waals surface area contributed by atoms with Crippen LogP contribution in [0.25, 0.3) is 27.6 Å². The van der Waals surface area contributed by atoms with E-state index in [9.17, 15) is 0 Å². The van der Waals surface area contributed by atoms with E-state index < -0.39 is 0 Å². The lowest BCUT2D eigenvalue weighted by Crippen LogP contribution is -1.97. The van der Waals surface area contributed by atoms with Crippen LogP contribution in [0.1, 0.15) is 22.9 Å². The molecule has 0 fully saturated rings. The zero-order chi connectivity index (χ0) is 12.8. The quantitative estimate of drug-likeness (QED) is 0.361. The highest BCUT2D eigenvalue weighted by Gasteiger charge is 2.15. The van der Waals surface area contributed by atoms with Crippen molar-refractivity contribution < 1.29 is 0 Å². The van der Waals surface area contributed by atoms with Crippen LogP contribution in [0.2, 0.25) is 0 Å². The zero-order valence-electron chi connectivity index (χ0n) is 10.4. The van der Waals surface area contributed by atoms with Gasteiger partial charge in [0.05, 0.1) is 5.38 Å². The normalized spacial score (nSPS) is 17.8. The minimum atomic E-state index is 0.107. The van der Waals surface area contributed by atoms with Crippen molar-refractivity contribution in [1.29, 1.82) is 0 Å². The van der Waals surface area contributed by atoms with Crippen LogP contribution < -0.4 is 0 Å². The van der Waals surface area contributed by atoms with Gasteiger partial charge >= 0.3 is 0 Å². The third kappa shape index (κ3) is 1.75. The molecular formula is C18H13Cl. The Morgan fingerprint density at radius 2 is 1.53 bits per heavy atom. The third-order valence-corrected chi connectivity index (χ3v) is 4.30. The highest BCUT2D eigenvalue weighted by molar-refractivity contribution is 6.21. The number of hydrogen-bond acceptors (Lipinski definition) is 0. The van der Waals surface area contributed by atoms with Crippen LogP contribution in [-0.4, -0.2) is 0 Å². The first-order valence-electron chi connectivity index (χ1n) is 6.58. The molecule has 3 aromatic rings. The van der Waals surface area contributed by atoms with Crippen molar-refractivity contribution in [3.05, 3.63) is 65.7 Å². The van der Waals surface area contributed by atoms with Crippen molar-refractivity contribution in [1.82, 2.24) is 0 Å². The van der Waals surface area contributed by atoms with Gasteiger partial charge in [0.1, 0.15) is 0 Å². The largest absolute Gasteiger partial charge is 0.117 e. The average Bonchev–Trinajstić information content (AvgIpc) is 2.44. The molecule has 19 heavy (non-hydrogen) atoms. The second kappa shape index (κ2) is 4.11. The van der Waals surface area contributed by atoms with Gasteiger partial charge in [-0.05, 0) is 63.4 Å². The summed E-state index contributed by atoms with van der Waals surface area (Å²) in [7, 11) is 0. The van der Waals surface area contributed by atoms with Gasteiger partial charge in [0.25, 0.3) is 0 Å². The topological polar surface area (TPSA) is 0 Å². The minimum absolute atomic E-state index is 0.107. The predicted molar refractivity (Wildman–Crippen MR) is 83.7 cm³/mol. The van der Waals surface area contributed by atoms with Crippen LogP contribution in [0, 0.1) is 0 Å². The maximum Gasteiger partial charge on any atom is 0.0625 e. The maximum absolute atomic E-state index is 6.41. The summed E-state index contributed by atoms with van der Waals surface area (Å²) in [6, 6.07) is 17.5. The first kappa shape index (κ1) is 11.1. The molecule has 1 heteroatoms. The zero-order valence-corrected chi connectivity index (χ0v) is 11.2. The fraction of sp³-hybridized carbons (Fsp3) is 0.111. The van der Waals surface area contributed by atoms with Crippen LogP contribution in [0.3, 0.4) is 0 Å². The van der Waals surface area contributed by atoms with E-state index in [4.69, 9.17) is 11.6 Å². The SMILES string of the molecule is ClC1CC=Cc2cc3cc4ccccc4cc3cc21. The minimum Gasteiger partial charge on any atom is -0.117 e. The van der Waals surface area contributed by atoms with Gasteiger partial charge in [0.2, 0.25) is 0 Å². The van der Waals surface area contributed by atoms with E-state index in [0.717, 1.165) is 6.42 Å². The molecule has 0 saturated heterocycles. The number of halogens is 1. The van der Waals surface area contributed by atoms with Crippen molar-refractivity contribution >= 4 is 39.2 Å². The lowest BCUT2D eigenvalue weighted by atomic mass is 9.92. The standard InChI is InChI=1S/C18H13Cl/c19-18-7-3-6-14-10-15-8-12-4-1-2-5-13(12)9-16(15)11-17(14)18/h1-6,8-11,18H,7H2. The summed E-state index contributed by atoms with van der Waals surface area (Å²) in [5.41, 5.74) is 2.51. The predicted octanol–water partition coefficient (Wildman–Crippen LogP) is 5.69. The molecular weight excluding hydrogens is 252 g/mol. The first-order chi connectivity index (χ1) is 9.31. The van der Waals surface area contributed by atoms with Crippen molar-refractivity contribution in [2.45, 2.75) is 11.8 Å². The molecule has 0 N–H and O–H groups in total. The first-order valence-corrected chi connectivity index (χ1v) is 7.02. The molecule has 1 aliphatic rings. The van der Waals surface area contributed by atoms with E-state index in [-0.39, 0.29) is 5.38 Å². The second-order valence-corrected chi connectivity index (χ2v) is 5.66. The highest BCUT2D eigenvalue weighted by Crippen LogP contribution is 2.36. The molecule has 0 bridgehead atoms. The van der Waals surface area contributed by atoms with Gasteiger partial charge in [-0.1, -0.05) is 36.4 Å². The Morgan fingerprint density at radius 1 is 0.842 bits per heavy atom. The van der Waals surface area contributed by atoms with Crippen LogP contribution >= 0.6 is 11.6 Å². The van der Waals surface area contributed by atoms with Gasteiger partial charge in [-0.15, -0.1) is 11.6 Å². The Kier molecular flexibility index (Phi) is 2.39. The van der Waals surface area contributed by atoms with E-state index in [1.165, 1.54) is 32.7 Å². The van der Waals surface area contributed by atoms with Gasteiger partial charge in [-0.3, -0.25) is 0 Å². The van der Waals surface area contributed by atoms with Crippen molar-refractivity contribution in [3.8, 4) is 0 Å².